The quantitative estimate of drug-likeness (QED) is 0.262. The molecule has 1 aromatic heterocycles. The molecule has 9 heteroatoms. The Labute approximate surface area is 205 Å². The van der Waals surface area contributed by atoms with Crippen molar-refractivity contribution in [3.63, 3.8) is 0 Å². The smallest absolute Gasteiger partial charge is 0.332 e. The van der Waals surface area contributed by atoms with Crippen LogP contribution in [0.3, 0.4) is 0 Å². The van der Waals surface area contributed by atoms with Crippen LogP contribution in [-0.4, -0.2) is 34.7 Å². The zero-order valence-corrected chi connectivity index (χ0v) is 19.8. The van der Waals surface area contributed by atoms with E-state index in [0.717, 1.165) is 40.3 Å². The number of aryl methyl sites for hydroxylation is 1. The summed E-state index contributed by atoms with van der Waals surface area (Å²) in [5.74, 6) is -1.33. The highest BCUT2D eigenvalue weighted by molar-refractivity contribution is 7.10. The number of nitrogens with zero attached hydrogens (tertiary/aromatic N) is 2. The van der Waals surface area contributed by atoms with Gasteiger partial charge in [-0.25, -0.2) is 4.39 Å². The Morgan fingerprint density at radius 3 is 2.17 bits per heavy atom. The van der Waals surface area contributed by atoms with Crippen molar-refractivity contribution < 1.29 is 27.2 Å². The number of alkyl halides is 3. The number of carbonyl (C=O) groups is 2. The number of hydrogen-bond acceptors (Lipinski definition) is 3. The predicted molar refractivity (Wildman–Crippen MR) is 127 cm³/mol. The molecule has 0 fully saturated rings. The molecular formula is C26H24F4N2O2S. The molecule has 35 heavy (non-hydrogen) atoms. The predicted octanol–water partition coefficient (Wildman–Crippen LogP) is 6.07. The largest absolute Gasteiger partial charge is 0.416 e. The third-order valence-corrected chi connectivity index (χ3v) is 6.37. The van der Waals surface area contributed by atoms with E-state index in [-0.39, 0.29) is 36.9 Å². The van der Waals surface area contributed by atoms with Crippen molar-refractivity contribution in [3.8, 4) is 0 Å². The van der Waals surface area contributed by atoms with Gasteiger partial charge in [0, 0.05) is 23.5 Å². The fourth-order valence-corrected chi connectivity index (χ4v) is 4.33. The van der Waals surface area contributed by atoms with E-state index in [1.165, 1.54) is 34.4 Å². The third kappa shape index (κ3) is 7.02. The third-order valence-electron chi connectivity index (χ3n) is 5.36. The van der Waals surface area contributed by atoms with Crippen LogP contribution in [0.5, 0.6) is 0 Å². The molecular weight excluding hydrogens is 480 g/mol. The summed E-state index contributed by atoms with van der Waals surface area (Å²) in [6.45, 7) is 5.80. The maximum Gasteiger partial charge on any atom is 0.416 e. The van der Waals surface area contributed by atoms with E-state index in [0.29, 0.717) is 6.54 Å². The first-order valence-electron chi connectivity index (χ1n) is 10.7. The molecule has 0 bridgehead atoms. The average molecular weight is 505 g/mol. The second-order valence-corrected chi connectivity index (χ2v) is 8.95. The van der Waals surface area contributed by atoms with Crippen LogP contribution in [0.1, 0.15) is 31.9 Å². The average Bonchev–Trinajstić information content (AvgIpc) is 3.23. The maximum atomic E-state index is 13.3. The maximum absolute atomic E-state index is 13.3. The van der Waals surface area contributed by atoms with Gasteiger partial charge in [0.2, 0.25) is 5.91 Å². The lowest BCUT2D eigenvalue weighted by molar-refractivity contribution is -0.137. The number of thiophene rings is 1. The standard InChI is InChI=1S/C26H24F4N2O2S/c1-3-13-31(25(34)20-6-8-21(9-7-20)26(28,29)30)17-24(33)32(16-23-18(2)12-14-35-23)15-19-4-10-22(27)11-5-19/h3-12,14H,1,13,15-17H2,2H3. The lowest BCUT2D eigenvalue weighted by Gasteiger charge is -2.27. The summed E-state index contributed by atoms with van der Waals surface area (Å²) in [6.07, 6.45) is -3.07. The summed E-state index contributed by atoms with van der Waals surface area (Å²) in [5, 5.41) is 1.92. The van der Waals surface area contributed by atoms with Gasteiger partial charge in [-0.1, -0.05) is 18.2 Å². The van der Waals surface area contributed by atoms with E-state index in [2.05, 4.69) is 6.58 Å². The van der Waals surface area contributed by atoms with E-state index in [9.17, 15) is 27.2 Å². The molecule has 0 saturated heterocycles. The van der Waals surface area contributed by atoms with Crippen molar-refractivity contribution in [1.82, 2.24) is 9.80 Å². The van der Waals surface area contributed by atoms with Crippen LogP contribution in [0, 0.1) is 12.7 Å². The fourth-order valence-electron chi connectivity index (χ4n) is 3.40. The molecule has 0 aliphatic heterocycles. The Bertz CT molecular complexity index is 1170. The Kier molecular flexibility index (Phi) is 8.45. The van der Waals surface area contributed by atoms with Crippen molar-refractivity contribution in [2.24, 2.45) is 0 Å². The number of amides is 2. The monoisotopic (exact) mass is 504 g/mol. The first-order chi connectivity index (χ1) is 16.6. The molecule has 0 N–H and O–H groups in total. The molecule has 0 atom stereocenters. The molecule has 2 aromatic carbocycles. The van der Waals surface area contributed by atoms with Crippen LogP contribution < -0.4 is 0 Å². The van der Waals surface area contributed by atoms with Crippen molar-refractivity contribution in [2.75, 3.05) is 13.1 Å². The number of rotatable bonds is 9. The van der Waals surface area contributed by atoms with Gasteiger partial charge in [0.1, 0.15) is 12.4 Å². The first-order valence-corrected chi connectivity index (χ1v) is 11.6. The molecule has 0 aliphatic rings. The van der Waals surface area contributed by atoms with Crippen LogP contribution in [0.25, 0.3) is 0 Å². The summed E-state index contributed by atoms with van der Waals surface area (Å²) in [6, 6.07) is 11.6. The molecule has 0 radical (unpaired) electrons. The zero-order chi connectivity index (χ0) is 25.6. The van der Waals surface area contributed by atoms with Gasteiger partial charge in [-0.3, -0.25) is 9.59 Å². The van der Waals surface area contributed by atoms with Crippen molar-refractivity contribution >= 4 is 23.2 Å². The van der Waals surface area contributed by atoms with Gasteiger partial charge in [-0.15, -0.1) is 17.9 Å². The molecule has 0 aliphatic carbocycles. The van der Waals surface area contributed by atoms with E-state index >= 15 is 0 Å². The molecule has 2 amide bonds. The molecule has 0 saturated carbocycles. The molecule has 3 aromatic rings. The summed E-state index contributed by atoms with van der Waals surface area (Å²) < 4.78 is 51.9. The summed E-state index contributed by atoms with van der Waals surface area (Å²) >= 11 is 1.50. The van der Waals surface area contributed by atoms with Gasteiger partial charge in [0.15, 0.2) is 0 Å². The van der Waals surface area contributed by atoms with Crippen LogP contribution in [0.15, 0.2) is 72.6 Å². The molecule has 3 rings (SSSR count). The minimum Gasteiger partial charge on any atom is -0.332 e. The van der Waals surface area contributed by atoms with Gasteiger partial charge < -0.3 is 9.80 Å². The fraction of sp³-hybridized carbons (Fsp3) is 0.231. The number of hydrogen-bond donors (Lipinski definition) is 0. The second-order valence-electron chi connectivity index (χ2n) is 7.95. The van der Waals surface area contributed by atoms with Gasteiger partial charge >= 0.3 is 6.18 Å². The SMILES string of the molecule is C=CCN(CC(=O)N(Cc1ccc(F)cc1)Cc1sccc1C)C(=O)c1ccc(C(F)(F)F)cc1. The Hall–Kier alpha value is -3.46. The molecule has 0 spiro atoms. The molecule has 0 unspecified atom stereocenters. The Balaban J connectivity index is 1.81. The van der Waals surface area contributed by atoms with Gasteiger partial charge in [-0.2, -0.15) is 13.2 Å². The van der Waals surface area contributed by atoms with Crippen molar-refractivity contribution in [1.29, 1.82) is 0 Å². The number of halogens is 4. The van der Waals surface area contributed by atoms with Crippen LogP contribution in [-0.2, 0) is 24.1 Å². The summed E-state index contributed by atoms with van der Waals surface area (Å²) in [5.41, 5.74) is 0.915. The number of benzene rings is 2. The van der Waals surface area contributed by atoms with Gasteiger partial charge in [-0.05, 0) is 65.9 Å². The van der Waals surface area contributed by atoms with Crippen LogP contribution in [0.2, 0.25) is 0 Å². The van der Waals surface area contributed by atoms with E-state index in [1.54, 1.807) is 17.0 Å². The van der Waals surface area contributed by atoms with Crippen molar-refractivity contribution in [3.05, 3.63) is 106 Å². The Morgan fingerprint density at radius 1 is 0.971 bits per heavy atom. The molecule has 184 valence electrons. The summed E-state index contributed by atoms with van der Waals surface area (Å²) in [4.78, 5) is 30.1. The normalized spacial score (nSPS) is 11.2. The van der Waals surface area contributed by atoms with E-state index in [4.69, 9.17) is 0 Å². The van der Waals surface area contributed by atoms with E-state index in [1.807, 2.05) is 18.4 Å². The van der Waals surface area contributed by atoms with Gasteiger partial charge in [0.25, 0.3) is 5.91 Å². The van der Waals surface area contributed by atoms with E-state index < -0.39 is 17.6 Å². The molecule has 1 heterocycles. The van der Waals surface area contributed by atoms with Crippen molar-refractivity contribution in [2.45, 2.75) is 26.2 Å². The van der Waals surface area contributed by atoms with Crippen LogP contribution in [0.4, 0.5) is 17.6 Å². The number of carbonyl (C=O) groups excluding carboxylic acids is 2. The summed E-state index contributed by atoms with van der Waals surface area (Å²) in [7, 11) is 0. The highest BCUT2D eigenvalue weighted by atomic mass is 32.1. The lowest BCUT2D eigenvalue weighted by atomic mass is 10.1. The highest BCUT2D eigenvalue weighted by Gasteiger charge is 2.30. The van der Waals surface area contributed by atoms with Gasteiger partial charge in [0.05, 0.1) is 12.1 Å². The topological polar surface area (TPSA) is 40.6 Å². The highest BCUT2D eigenvalue weighted by Crippen LogP contribution is 2.29. The zero-order valence-electron chi connectivity index (χ0n) is 19.0. The lowest BCUT2D eigenvalue weighted by Crippen LogP contribution is -2.42. The minimum absolute atomic E-state index is 0.0341. The second kappa shape index (κ2) is 11.3. The minimum atomic E-state index is -4.51. The first kappa shape index (κ1) is 26.2. The molecule has 4 nitrogen and oxygen atoms in total. The Morgan fingerprint density at radius 2 is 1.63 bits per heavy atom. The van der Waals surface area contributed by atoms with Crippen LogP contribution >= 0.6 is 11.3 Å².